The maximum atomic E-state index is 12.7. The van der Waals surface area contributed by atoms with Crippen molar-refractivity contribution in [1.82, 2.24) is 14.4 Å². The molecule has 1 fully saturated rings. The lowest BCUT2D eigenvalue weighted by molar-refractivity contribution is -0.125. The maximum Gasteiger partial charge on any atom is 0.327 e. The van der Waals surface area contributed by atoms with Crippen LogP contribution in [0.2, 0.25) is 5.02 Å². The molecule has 2 aromatic rings. The summed E-state index contributed by atoms with van der Waals surface area (Å²) >= 11 is 5.92. The number of rotatable bonds is 6. The fraction of sp³-hybridized carbons (Fsp3) is 0.350. The minimum atomic E-state index is -0.426. The average Bonchev–Trinajstić information content (AvgIpc) is 3.04. The van der Waals surface area contributed by atoms with Gasteiger partial charge in [0.25, 0.3) is 5.91 Å². The first kappa shape index (κ1) is 19.2. The third-order valence-electron chi connectivity index (χ3n) is 4.94. The number of hydrogen-bond donors (Lipinski definition) is 0. The molecule has 142 valence electrons. The molecule has 0 bridgehead atoms. The van der Waals surface area contributed by atoms with Crippen LogP contribution in [-0.4, -0.2) is 52.2 Å². The molecular weight excluding hydrogens is 366 g/mol. The van der Waals surface area contributed by atoms with E-state index in [2.05, 4.69) is 4.57 Å². The fourth-order valence-electron chi connectivity index (χ4n) is 3.37. The van der Waals surface area contributed by atoms with E-state index in [0.29, 0.717) is 10.6 Å². The molecule has 1 aromatic carbocycles. The zero-order valence-corrected chi connectivity index (χ0v) is 16.4. The SMILES string of the molecule is Cc1cc(C(=O)CN2C(=O)CN(C)C2=O)c(C)n1CCc1ccc(Cl)cc1. The minimum Gasteiger partial charge on any atom is -0.348 e. The first-order valence-electron chi connectivity index (χ1n) is 8.77. The number of amides is 3. The van der Waals surface area contributed by atoms with Crippen LogP contribution in [0.1, 0.15) is 27.3 Å². The van der Waals surface area contributed by atoms with Gasteiger partial charge in [-0.05, 0) is 44.0 Å². The van der Waals surface area contributed by atoms with Crippen molar-refractivity contribution in [3.8, 4) is 0 Å². The number of carbonyl (C=O) groups is 3. The molecule has 1 saturated heterocycles. The quantitative estimate of drug-likeness (QED) is 0.565. The van der Waals surface area contributed by atoms with Gasteiger partial charge in [0.15, 0.2) is 5.78 Å². The van der Waals surface area contributed by atoms with Gasteiger partial charge in [-0.2, -0.15) is 0 Å². The molecule has 0 aliphatic carbocycles. The second kappa shape index (κ2) is 7.56. The van der Waals surface area contributed by atoms with E-state index in [1.54, 1.807) is 7.05 Å². The number of Topliss-reactive ketones (excluding diaryl/α,β-unsaturated/α-hetero) is 1. The van der Waals surface area contributed by atoms with Crippen LogP contribution < -0.4 is 0 Å². The Morgan fingerprint density at radius 2 is 1.81 bits per heavy atom. The number of urea groups is 1. The predicted octanol–water partition coefficient (Wildman–Crippen LogP) is 3.08. The lowest BCUT2D eigenvalue weighted by Crippen LogP contribution is -2.36. The molecular formula is C20H22ClN3O3. The number of benzene rings is 1. The van der Waals surface area contributed by atoms with Gasteiger partial charge in [-0.3, -0.25) is 14.5 Å². The van der Waals surface area contributed by atoms with E-state index in [9.17, 15) is 14.4 Å². The summed E-state index contributed by atoms with van der Waals surface area (Å²) < 4.78 is 2.08. The molecule has 1 aliphatic rings. The summed E-state index contributed by atoms with van der Waals surface area (Å²) in [6, 6.07) is 9.11. The largest absolute Gasteiger partial charge is 0.348 e. The van der Waals surface area contributed by atoms with Crippen LogP contribution in [0.5, 0.6) is 0 Å². The van der Waals surface area contributed by atoms with E-state index in [1.807, 2.05) is 44.2 Å². The van der Waals surface area contributed by atoms with Gasteiger partial charge in [0.05, 0.1) is 6.54 Å². The van der Waals surface area contributed by atoms with Gasteiger partial charge < -0.3 is 9.47 Å². The highest BCUT2D eigenvalue weighted by Gasteiger charge is 2.35. The van der Waals surface area contributed by atoms with Crippen molar-refractivity contribution in [3.05, 3.63) is 57.9 Å². The summed E-state index contributed by atoms with van der Waals surface area (Å²) in [4.78, 5) is 38.9. The summed E-state index contributed by atoms with van der Waals surface area (Å²) in [6.07, 6.45) is 0.815. The van der Waals surface area contributed by atoms with Crippen LogP contribution in [0, 0.1) is 13.8 Å². The van der Waals surface area contributed by atoms with Gasteiger partial charge in [0.2, 0.25) is 0 Å². The van der Waals surface area contributed by atoms with Gasteiger partial charge in [0, 0.05) is 35.6 Å². The first-order valence-corrected chi connectivity index (χ1v) is 9.15. The number of imide groups is 1. The second-order valence-corrected chi connectivity index (χ2v) is 7.29. The Kier molecular flexibility index (Phi) is 5.37. The molecule has 0 unspecified atom stereocenters. The van der Waals surface area contributed by atoms with Crippen LogP contribution >= 0.6 is 11.6 Å². The summed E-state index contributed by atoms with van der Waals surface area (Å²) in [7, 11) is 1.55. The van der Waals surface area contributed by atoms with E-state index < -0.39 is 6.03 Å². The van der Waals surface area contributed by atoms with Crippen molar-refractivity contribution < 1.29 is 14.4 Å². The first-order chi connectivity index (χ1) is 12.8. The van der Waals surface area contributed by atoms with E-state index in [1.165, 1.54) is 4.90 Å². The number of hydrogen-bond acceptors (Lipinski definition) is 3. The Bertz CT molecular complexity index is 902. The summed E-state index contributed by atoms with van der Waals surface area (Å²) in [5, 5.41) is 0.705. The molecule has 0 radical (unpaired) electrons. The van der Waals surface area contributed by atoms with Crippen LogP contribution in [-0.2, 0) is 17.8 Å². The molecule has 1 aliphatic heterocycles. The number of nitrogens with zero attached hydrogens (tertiary/aromatic N) is 3. The number of aromatic nitrogens is 1. The number of halogens is 1. The molecule has 0 spiro atoms. The van der Waals surface area contributed by atoms with Crippen molar-refractivity contribution in [3.63, 3.8) is 0 Å². The van der Waals surface area contributed by atoms with Gasteiger partial charge in [-0.1, -0.05) is 23.7 Å². The standard InChI is InChI=1S/C20H22ClN3O3/c1-13-10-17(18(25)11-24-19(26)12-22(3)20(24)27)14(2)23(13)9-8-15-4-6-16(21)7-5-15/h4-7,10H,8-9,11-12H2,1-3H3. The predicted molar refractivity (Wildman–Crippen MR) is 103 cm³/mol. The van der Waals surface area contributed by atoms with Gasteiger partial charge in [-0.15, -0.1) is 0 Å². The summed E-state index contributed by atoms with van der Waals surface area (Å²) in [6.45, 7) is 4.38. The normalized spacial score (nSPS) is 14.4. The lowest BCUT2D eigenvalue weighted by atomic mass is 10.1. The third-order valence-corrected chi connectivity index (χ3v) is 5.20. The molecule has 27 heavy (non-hydrogen) atoms. The zero-order valence-electron chi connectivity index (χ0n) is 15.7. The van der Waals surface area contributed by atoms with Gasteiger partial charge in [-0.25, -0.2) is 4.79 Å². The van der Waals surface area contributed by atoms with E-state index in [4.69, 9.17) is 11.6 Å². The number of likely N-dealkylation sites (N-methyl/N-ethyl adjacent to an activating group) is 1. The Labute approximate surface area is 163 Å². The zero-order chi connectivity index (χ0) is 19.7. The van der Waals surface area contributed by atoms with E-state index in [-0.39, 0.29) is 24.8 Å². The van der Waals surface area contributed by atoms with Crippen molar-refractivity contribution in [2.75, 3.05) is 20.1 Å². The number of ketones is 1. The Balaban J connectivity index is 1.73. The van der Waals surface area contributed by atoms with Gasteiger partial charge >= 0.3 is 6.03 Å². The van der Waals surface area contributed by atoms with Gasteiger partial charge in [0.1, 0.15) is 6.54 Å². The molecule has 0 N–H and O–H groups in total. The summed E-state index contributed by atoms with van der Waals surface area (Å²) in [5.74, 6) is -0.565. The molecule has 0 saturated carbocycles. The van der Waals surface area contributed by atoms with Crippen molar-refractivity contribution in [1.29, 1.82) is 0 Å². The molecule has 3 rings (SSSR count). The number of aryl methyl sites for hydroxylation is 2. The molecule has 2 heterocycles. The molecule has 6 nitrogen and oxygen atoms in total. The average molecular weight is 388 g/mol. The number of carbonyl (C=O) groups excluding carboxylic acids is 3. The minimum absolute atomic E-state index is 0.0201. The smallest absolute Gasteiger partial charge is 0.327 e. The van der Waals surface area contributed by atoms with Crippen molar-refractivity contribution in [2.45, 2.75) is 26.8 Å². The lowest BCUT2D eigenvalue weighted by Gasteiger charge is -2.13. The van der Waals surface area contributed by atoms with Crippen LogP contribution in [0.4, 0.5) is 4.79 Å². The van der Waals surface area contributed by atoms with E-state index >= 15 is 0 Å². The topological polar surface area (TPSA) is 62.6 Å². The highest BCUT2D eigenvalue weighted by Crippen LogP contribution is 2.19. The molecule has 0 atom stereocenters. The second-order valence-electron chi connectivity index (χ2n) is 6.85. The highest BCUT2D eigenvalue weighted by atomic mass is 35.5. The highest BCUT2D eigenvalue weighted by molar-refractivity contribution is 6.30. The van der Waals surface area contributed by atoms with Crippen LogP contribution in [0.25, 0.3) is 0 Å². The van der Waals surface area contributed by atoms with Crippen LogP contribution in [0.15, 0.2) is 30.3 Å². The molecule has 7 heteroatoms. The van der Waals surface area contributed by atoms with Crippen molar-refractivity contribution in [2.24, 2.45) is 0 Å². The Hall–Kier alpha value is -2.60. The van der Waals surface area contributed by atoms with Crippen LogP contribution in [0.3, 0.4) is 0 Å². The fourth-order valence-corrected chi connectivity index (χ4v) is 3.50. The molecule has 3 amide bonds. The summed E-state index contributed by atoms with van der Waals surface area (Å²) in [5.41, 5.74) is 3.54. The monoisotopic (exact) mass is 387 g/mol. The Morgan fingerprint density at radius 3 is 2.41 bits per heavy atom. The van der Waals surface area contributed by atoms with E-state index in [0.717, 1.165) is 34.8 Å². The van der Waals surface area contributed by atoms with Crippen molar-refractivity contribution >= 4 is 29.3 Å². The third kappa shape index (κ3) is 3.90. The Morgan fingerprint density at radius 1 is 1.15 bits per heavy atom. The molecule has 1 aromatic heterocycles. The maximum absolute atomic E-state index is 12.7.